The molecule has 0 spiro atoms. The quantitative estimate of drug-likeness (QED) is 0.365. The lowest BCUT2D eigenvalue weighted by Crippen LogP contribution is -2.54. The molecule has 0 fully saturated rings. The fraction of sp³-hybridized carbons (Fsp3) is 0.700. The van der Waals surface area contributed by atoms with Gasteiger partial charge in [0.1, 0.15) is 6.04 Å². The van der Waals surface area contributed by atoms with E-state index in [1.54, 1.807) is 0 Å². The molecule has 0 saturated heterocycles. The zero-order chi connectivity index (χ0) is 13.4. The summed E-state index contributed by atoms with van der Waals surface area (Å²) in [6, 6.07) is -1.77. The molecule has 5 N–H and O–H groups in total. The number of carbonyl (C=O) groups is 3. The van der Waals surface area contributed by atoms with Crippen LogP contribution in [0.1, 0.15) is 20.3 Å². The van der Waals surface area contributed by atoms with Gasteiger partial charge in [-0.2, -0.15) is 0 Å². The Morgan fingerprint density at radius 2 is 2.06 bits per heavy atom. The zero-order valence-electron chi connectivity index (χ0n) is 9.97. The van der Waals surface area contributed by atoms with Crippen LogP contribution in [-0.2, 0) is 14.4 Å². The molecule has 7 heteroatoms. The van der Waals surface area contributed by atoms with Crippen molar-refractivity contribution in [2.45, 2.75) is 38.5 Å². The van der Waals surface area contributed by atoms with E-state index >= 15 is 0 Å². The Bertz CT molecular complexity index is 281. The van der Waals surface area contributed by atoms with Crippen LogP contribution in [-0.4, -0.2) is 47.9 Å². The molecule has 0 aromatic heterocycles. The van der Waals surface area contributed by atoms with Crippen LogP contribution in [0.4, 0.5) is 0 Å². The number of hydrogen-bond acceptors (Lipinski definition) is 5. The summed E-state index contributed by atoms with van der Waals surface area (Å²) >= 11 is 0. The van der Waals surface area contributed by atoms with E-state index in [9.17, 15) is 19.5 Å². The molecule has 98 valence electrons. The SMILES string of the molecule is CC(=O)[C@H](CCN)NC(=O)[C@@H](NC=O)[C@H](C)O. The molecule has 0 unspecified atom stereocenters. The van der Waals surface area contributed by atoms with E-state index in [4.69, 9.17) is 5.73 Å². The molecule has 0 bridgehead atoms. The Kier molecular flexibility index (Phi) is 7.08. The minimum atomic E-state index is -1.08. The lowest BCUT2D eigenvalue weighted by atomic mass is 10.1. The number of rotatable bonds is 8. The third-order valence-corrected chi connectivity index (χ3v) is 2.28. The van der Waals surface area contributed by atoms with Crippen LogP contribution in [0.2, 0.25) is 0 Å². The van der Waals surface area contributed by atoms with E-state index in [2.05, 4.69) is 10.6 Å². The van der Waals surface area contributed by atoms with Crippen molar-refractivity contribution >= 4 is 18.1 Å². The van der Waals surface area contributed by atoms with Gasteiger partial charge in [-0.25, -0.2) is 0 Å². The number of nitrogens with one attached hydrogen (secondary N) is 2. The van der Waals surface area contributed by atoms with Gasteiger partial charge in [0.2, 0.25) is 12.3 Å². The van der Waals surface area contributed by atoms with Crippen LogP contribution < -0.4 is 16.4 Å². The first kappa shape index (κ1) is 15.5. The van der Waals surface area contributed by atoms with Gasteiger partial charge in [-0.1, -0.05) is 0 Å². The Hall–Kier alpha value is -1.47. The van der Waals surface area contributed by atoms with Gasteiger partial charge in [0.25, 0.3) is 0 Å². The molecule has 0 heterocycles. The molecule has 17 heavy (non-hydrogen) atoms. The fourth-order valence-corrected chi connectivity index (χ4v) is 1.31. The van der Waals surface area contributed by atoms with Crippen molar-refractivity contribution < 1.29 is 19.5 Å². The van der Waals surface area contributed by atoms with Gasteiger partial charge < -0.3 is 21.5 Å². The van der Waals surface area contributed by atoms with Crippen LogP contribution in [0.3, 0.4) is 0 Å². The maximum absolute atomic E-state index is 11.7. The summed E-state index contributed by atoms with van der Waals surface area (Å²) < 4.78 is 0. The largest absolute Gasteiger partial charge is 0.391 e. The zero-order valence-corrected chi connectivity index (χ0v) is 9.97. The predicted molar refractivity (Wildman–Crippen MR) is 61.0 cm³/mol. The molecule has 0 aliphatic carbocycles. The summed E-state index contributed by atoms with van der Waals surface area (Å²) in [7, 11) is 0. The molecule has 2 amide bonds. The summed E-state index contributed by atoms with van der Waals surface area (Å²) in [4.78, 5) is 33.2. The normalized spacial score (nSPS) is 15.5. The van der Waals surface area contributed by atoms with Gasteiger partial charge in [-0.15, -0.1) is 0 Å². The third-order valence-electron chi connectivity index (χ3n) is 2.28. The average Bonchev–Trinajstić information content (AvgIpc) is 2.24. The number of amides is 2. The predicted octanol–water partition coefficient (Wildman–Crippen LogP) is -2.10. The molecule has 0 saturated carbocycles. The van der Waals surface area contributed by atoms with Gasteiger partial charge in [-0.05, 0) is 26.8 Å². The van der Waals surface area contributed by atoms with Crippen LogP contribution in [0.25, 0.3) is 0 Å². The Balaban J connectivity index is 4.55. The van der Waals surface area contributed by atoms with Crippen LogP contribution in [0.15, 0.2) is 0 Å². The van der Waals surface area contributed by atoms with Crippen molar-refractivity contribution in [1.82, 2.24) is 10.6 Å². The lowest BCUT2D eigenvalue weighted by molar-refractivity contribution is -0.131. The summed E-state index contributed by atoms with van der Waals surface area (Å²) in [5.41, 5.74) is 5.31. The van der Waals surface area contributed by atoms with Crippen molar-refractivity contribution in [2.24, 2.45) is 5.73 Å². The maximum Gasteiger partial charge on any atom is 0.245 e. The number of ketones is 1. The molecule has 0 rings (SSSR count). The highest BCUT2D eigenvalue weighted by atomic mass is 16.3. The van der Waals surface area contributed by atoms with E-state index in [1.165, 1.54) is 13.8 Å². The minimum absolute atomic E-state index is 0.223. The van der Waals surface area contributed by atoms with Crippen LogP contribution >= 0.6 is 0 Å². The van der Waals surface area contributed by atoms with Gasteiger partial charge in [0.15, 0.2) is 5.78 Å². The van der Waals surface area contributed by atoms with Crippen molar-refractivity contribution in [3.05, 3.63) is 0 Å². The van der Waals surface area contributed by atoms with Crippen LogP contribution in [0, 0.1) is 0 Å². The maximum atomic E-state index is 11.7. The van der Waals surface area contributed by atoms with E-state index in [1.807, 2.05) is 0 Å². The first-order valence-electron chi connectivity index (χ1n) is 5.32. The first-order chi connectivity index (χ1) is 7.93. The highest BCUT2D eigenvalue weighted by Gasteiger charge is 2.26. The standard InChI is InChI=1S/C10H19N3O4/c1-6(15)8(3-4-11)13-10(17)9(7(2)16)12-5-14/h5,7-9,16H,3-4,11H2,1-2H3,(H,12,14)(H,13,17)/t7-,8-,9-/m0/s1. The molecular weight excluding hydrogens is 226 g/mol. The highest BCUT2D eigenvalue weighted by Crippen LogP contribution is 1.97. The first-order valence-corrected chi connectivity index (χ1v) is 5.32. The molecule has 7 nitrogen and oxygen atoms in total. The molecule has 3 atom stereocenters. The Labute approximate surface area is 99.7 Å². The van der Waals surface area contributed by atoms with Crippen molar-refractivity contribution in [3.63, 3.8) is 0 Å². The number of Topliss-reactive ketones (excluding diaryl/α,β-unsaturated/α-hetero) is 1. The topological polar surface area (TPSA) is 122 Å². The summed E-state index contributed by atoms with van der Waals surface area (Å²) in [6.45, 7) is 2.96. The number of aliphatic hydroxyl groups excluding tert-OH is 1. The molecule has 0 aliphatic rings. The smallest absolute Gasteiger partial charge is 0.245 e. The Morgan fingerprint density at radius 3 is 2.41 bits per heavy atom. The second-order valence-corrected chi connectivity index (χ2v) is 3.75. The van der Waals surface area contributed by atoms with E-state index < -0.39 is 24.1 Å². The second-order valence-electron chi connectivity index (χ2n) is 3.75. The van der Waals surface area contributed by atoms with Crippen LogP contribution in [0.5, 0.6) is 0 Å². The van der Waals surface area contributed by atoms with E-state index in [0.29, 0.717) is 12.8 Å². The van der Waals surface area contributed by atoms with Crippen molar-refractivity contribution in [2.75, 3.05) is 6.54 Å². The molecule has 0 radical (unpaired) electrons. The lowest BCUT2D eigenvalue weighted by Gasteiger charge is -2.22. The number of hydrogen-bond donors (Lipinski definition) is 4. The van der Waals surface area contributed by atoms with Gasteiger partial charge in [-0.3, -0.25) is 14.4 Å². The fourth-order valence-electron chi connectivity index (χ4n) is 1.31. The summed E-state index contributed by atoms with van der Waals surface area (Å²) in [5.74, 6) is -0.833. The summed E-state index contributed by atoms with van der Waals surface area (Å²) in [6.07, 6.45) is -0.414. The second kappa shape index (κ2) is 7.75. The number of aliphatic hydroxyl groups is 1. The molecule has 0 aliphatic heterocycles. The molecule has 0 aromatic carbocycles. The van der Waals surface area contributed by atoms with Gasteiger partial charge in [0, 0.05) is 0 Å². The monoisotopic (exact) mass is 245 g/mol. The van der Waals surface area contributed by atoms with Gasteiger partial charge >= 0.3 is 0 Å². The molecular formula is C10H19N3O4. The van der Waals surface area contributed by atoms with Crippen molar-refractivity contribution in [3.8, 4) is 0 Å². The third kappa shape index (κ3) is 5.41. The molecule has 0 aromatic rings. The van der Waals surface area contributed by atoms with E-state index in [-0.39, 0.29) is 12.3 Å². The van der Waals surface area contributed by atoms with Gasteiger partial charge in [0.05, 0.1) is 12.1 Å². The van der Waals surface area contributed by atoms with Crippen molar-refractivity contribution in [1.29, 1.82) is 0 Å². The minimum Gasteiger partial charge on any atom is -0.391 e. The average molecular weight is 245 g/mol. The highest BCUT2D eigenvalue weighted by molar-refractivity contribution is 5.90. The number of carbonyl (C=O) groups excluding carboxylic acids is 3. The Morgan fingerprint density at radius 1 is 1.47 bits per heavy atom. The number of nitrogens with two attached hydrogens (primary N) is 1. The van der Waals surface area contributed by atoms with E-state index in [0.717, 1.165) is 0 Å². The summed E-state index contributed by atoms with van der Waals surface area (Å²) in [5, 5.41) is 13.9.